The van der Waals surface area contributed by atoms with E-state index in [-0.39, 0.29) is 29.3 Å². The number of nitrogens with zero attached hydrogens (tertiary/aromatic N) is 3. The van der Waals surface area contributed by atoms with Crippen LogP contribution in [0.25, 0.3) is 0 Å². The zero-order valence-corrected chi connectivity index (χ0v) is 15.9. The molecule has 4 rings (SSSR count). The highest BCUT2D eigenvalue weighted by Crippen LogP contribution is 2.35. The molecule has 1 fully saturated rings. The van der Waals surface area contributed by atoms with Crippen molar-refractivity contribution in [3.05, 3.63) is 70.3 Å². The van der Waals surface area contributed by atoms with Crippen LogP contribution in [0.3, 0.4) is 0 Å². The van der Waals surface area contributed by atoms with Crippen LogP contribution in [0.5, 0.6) is 0 Å². The average Bonchev–Trinajstić information content (AvgIpc) is 3.12. The van der Waals surface area contributed by atoms with Crippen molar-refractivity contribution in [3.63, 3.8) is 0 Å². The van der Waals surface area contributed by atoms with Crippen LogP contribution in [0.15, 0.2) is 59.6 Å². The zero-order valence-electron chi connectivity index (χ0n) is 14.3. The van der Waals surface area contributed by atoms with Gasteiger partial charge in [0.15, 0.2) is 15.0 Å². The Labute approximate surface area is 161 Å². The minimum atomic E-state index is -3.07. The summed E-state index contributed by atoms with van der Waals surface area (Å²) in [6.45, 7) is 0. The van der Waals surface area contributed by atoms with Gasteiger partial charge in [0.05, 0.1) is 28.5 Å². The maximum Gasteiger partial charge on any atom is 0.269 e. The van der Waals surface area contributed by atoms with Gasteiger partial charge in [-0.1, -0.05) is 42.1 Å². The summed E-state index contributed by atoms with van der Waals surface area (Å²) in [5.41, 5.74) is 1.94. The average molecular weight is 403 g/mol. The molecule has 2 atom stereocenters. The highest BCUT2D eigenvalue weighted by molar-refractivity contribution is 8.13. The summed E-state index contributed by atoms with van der Waals surface area (Å²) in [5, 5.41) is 11.6. The van der Waals surface area contributed by atoms with E-state index in [2.05, 4.69) is 4.99 Å². The van der Waals surface area contributed by atoms with Crippen LogP contribution in [0.2, 0.25) is 0 Å². The van der Waals surface area contributed by atoms with E-state index in [1.54, 1.807) is 12.1 Å². The van der Waals surface area contributed by atoms with Gasteiger partial charge in [-0.2, -0.15) is 0 Å². The molecule has 7 nitrogen and oxygen atoms in total. The monoisotopic (exact) mass is 403 g/mol. The van der Waals surface area contributed by atoms with Crippen LogP contribution >= 0.6 is 11.8 Å². The fourth-order valence-electron chi connectivity index (χ4n) is 3.39. The van der Waals surface area contributed by atoms with E-state index in [4.69, 9.17) is 0 Å². The molecule has 0 amide bonds. The Morgan fingerprint density at radius 3 is 2.48 bits per heavy atom. The van der Waals surface area contributed by atoms with Crippen LogP contribution in [0, 0.1) is 10.1 Å². The van der Waals surface area contributed by atoms with E-state index >= 15 is 0 Å². The molecule has 9 heteroatoms. The van der Waals surface area contributed by atoms with E-state index in [0.29, 0.717) is 5.75 Å². The third-order valence-corrected chi connectivity index (χ3v) is 7.39. The van der Waals surface area contributed by atoms with E-state index in [1.807, 2.05) is 35.2 Å². The number of fused-ring (bicyclic) bond motifs is 1. The van der Waals surface area contributed by atoms with Crippen molar-refractivity contribution in [2.24, 2.45) is 4.99 Å². The number of aliphatic imine (C=N–C) groups is 1. The Balaban J connectivity index is 1.55. The van der Waals surface area contributed by atoms with Crippen molar-refractivity contribution in [2.45, 2.75) is 17.8 Å². The van der Waals surface area contributed by atoms with Crippen molar-refractivity contribution >= 4 is 38.1 Å². The van der Waals surface area contributed by atoms with Crippen LogP contribution in [0.4, 0.5) is 11.4 Å². The normalized spacial score (nSPS) is 23.1. The first kappa shape index (κ1) is 18.0. The molecule has 0 N–H and O–H groups in total. The van der Waals surface area contributed by atoms with Gasteiger partial charge in [-0.05, 0) is 17.7 Å². The Bertz CT molecular complexity index is 991. The first-order chi connectivity index (χ1) is 12.9. The topological polar surface area (TPSA) is 92.9 Å². The molecule has 0 radical (unpaired) electrons. The molecule has 0 aliphatic carbocycles. The first-order valence-corrected chi connectivity index (χ1v) is 11.2. The van der Waals surface area contributed by atoms with Crippen LogP contribution in [0.1, 0.15) is 5.56 Å². The predicted octanol–water partition coefficient (Wildman–Crippen LogP) is 2.87. The van der Waals surface area contributed by atoms with E-state index in [0.717, 1.165) is 16.4 Å². The molecule has 0 saturated carbocycles. The highest BCUT2D eigenvalue weighted by Gasteiger charge is 2.47. The fourth-order valence-corrected chi connectivity index (χ4v) is 6.31. The Kier molecular flexibility index (Phi) is 4.65. The number of nitro groups is 1. The minimum absolute atomic E-state index is 0.0626. The third kappa shape index (κ3) is 3.70. The number of thioether (sulfide) groups is 1. The molecule has 140 valence electrons. The number of rotatable bonds is 4. The molecule has 2 aliphatic heterocycles. The summed E-state index contributed by atoms with van der Waals surface area (Å²) in [4.78, 5) is 17.1. The van der Waals surface area contributed by atoms with Crippen molar-refractivity contribution in [2.75, 3.05) is 16.4 Å². The fraction of sp³-hybridized carbons (Fsp3) is 0.278. The Morgan fingerprint density at radius 2 is 1.81 bits per heavy atom. The lowest BCUT2D eigenvalue weighted by atomic mass is 10.1. The van der Waals surface area contributed by atoms with Crippen LogP contribution in [-0.4, -0.2) is 42.1 Å². The molecule has 1 saturated heterocycles. The van der Waals surface area contributed by atoms with Gasteiger partial charge < -0.3 is 4.90 Å². The quantitative estimate of drug-likeness (QED) is 0.576. The molecule has 2 aromatic carbocycles. The van der Waals surface area contributed by atoms with E-state index < -0.39 is 14.8 Å². The molecular weight excluding hydrogens is 386 g/mol. The largest absolute Gasteiger partial charge is 0.315 e. The van der Waals surface area contributed by atoms with Gasteiger partial charge in [0.2, 0.25) is 0 Å². The number of para-hydroxylation sites is 1. The molecular formula is C18H17N3O4S2. The summed E-state index contributed by atoms with van der Waals surface area (Å²) in [6.07, 6.45) is 0. The molecule has 0 bridgehead atoms. The van der Waals surface area contributed by atoms with Crippen molar-refractivity contribution < 1.29 is 13.3 Å². The van der Waals surface area contributed by atoms with Gasteiger partial charge in [0.1, 0.15) is 0 Å². The van der Waals surface area contributed by atoms with Gasteiger partial charge in [-0.15, -0.1) is 0 Å². The number of non-ortho nitro benzene ring substituents is 1. The molecule has 2 aliphatic rings. The number of amidine groups is 1. The summed E-state index contributed by atoms with van der Waals surface area (Å²) >= 11 is 1.52. The summed E-state index contributed by atoms with van der Waals surface area (Å²) in [6, 6.07) is 15.7. The second-order valence-corrected chi connectivity index (χ2v) is 9.64. The standard InChI is InChI=1S/C18H17N3O4S2/c22-21(23)15-8-6-13(7-9-15)10-26-18-19-16-11-27(24,25)12-17(16)20(18)14-4-2-1-3-5-14/h1-9,16-17H,10-12H2/t16-,17+/m0/s1. The van der Waals surface area contributed by atoms with Gasteiger partial charge in [-0.25, -0.2) is 8.42 Å². The summed E-state index contributed by atoms with van der Waals surface area (Å²) in [5.74, 6) is 0.798. The molecule has 0 unspecified atom stereocenters. The minimum Gasteiger partial charge on any atom is -0.315 e. The van der Waals surface area contributed by atoms with Gasteiger partial charge >= 0.3 is 0 Å². The summed E-state index contributed by atoms with van der Waals surface area (Å²) < 4.78 is 24.1. The number of benzene rings is 2. The molecule has 0 aromatic heterocycles. The molecule has 27 heavy (non-hydrogen) atoms. The second kappa shape index (κ2) is 6.97. The second-order valence-electron chi connectivity index (χ2n) is 6.54. The Morgan fingerprint density at radius 1 is 1.11 bits per heavy atom. The highest BCUT2D eigenvalue weighted by atomic mass is 32.2. The van der Waals surface area contributed by atoms with Crippen molar-refractivity contribution in [1.29, 1.82) is 0 Å². The number of hydrogen-bond acceptors (Lipinski definition) is 7. The predicted molar refractivity (Wildman–Crippen MR) is 107 cm³/mol. The maximum atomic E-state index is 12.0. The Hall–Kier alpha value is -2.39. The lowest BCUT2D eigenvalue weighted by Gasteiger charge is -2.26. The van der Waals surface area contributed by atoms with Gasteiger partial charge in [-0.3, -0.25) is 15.1 Å². The number of hydrogen-bond donors (Lipinski definition) is 0. The third-order valence-electron chi connectivity index (χ3n) is 4.66. The lowest BCUT2D eigenvalue weighted by Crippen LogP contribution is -2.39. The number of anilines is 1. The summed E-state index contributed by atoms with van der Waals surface area (Å²) in [7, 11) is -3.07. The smallest absolute Gasteiger partial charge is 0.269 e. The van der Waals surface area contributed by atoms with E-state index in [9.17, 15) is 18.5 Å². The van der Waals surface area contributed by atoms with Crippen molar-refractivity contribution in [3.8, 4) is 0 Å². The first-order valence-electron chi connectivity index (χ1n) is 8.41. The van der Waals surface area contributed by atoms with Crippen molar-refractivity contribution in [1.82, 2.24) is 0 Å². The zero-order chi connectivity index (χ0) is 19.0. The number of sulfone groups is 1. The van der Waals surface area contributed by atoms with E-state index in [1.165, 1.54) is 23.9 Å². The van der Waals surface area contributed by atoms with Gasteiger partial charge in [0.25, 0.3) is 5.69 Å². The van der Waals surface area contributed by atoms with Crippen LogP contribution < -0.4 is 4.90 Å². The molecule has 2 aromatic rings. The maximum absolute atomic E-state index is 12.0. The SMILES string of the molecule is O=[N+]([O-])c1ccc(CSC2=N[C@H]3CS(=O)(=O)C[C@H]3N2c2ccccc2)cc1. The molecule has 2 heterocycles. The molecule has 0 spiro atoms. The lowest BCUT2D eigenvalue weighted by molar-refractivity contribution is -0.384. The van der Waals surface area contributed by atoms with Gasteiger partial charge in [0, 0.05) is 23.6 Å². The number of nitro benzene ring substituents is 1. The van der Waals surface area contributed by atoms with Crippen LogP contribution in [-0.2, 0) is 15.6 Å².